The molecule has 1 atom stereocenters. The molecule has 12 heteroatoms. The molecule has 256 valence electrons. The number of piperidine rings is 1. The number of furan rings is 1. The summed E-state index contributed by atoms with van der Waals surface area (Å²) in [5, 5.41) is 12.8. The number of benzene rings is 2. The monoisotopic (exact) mass is 657 g/mol. The highest BCUT2D eigenvalue weighted by Crippen LogP contribution is 2.32. The van der Waals surface area contributed by atoms with Crippen LogP contribution in [0.25, 0.3) is 11.0 Å². The number of nitrogens with two attached hydrogens (primary N) is 1. The third-order valence-electron chi connectivity index (χ3n) is 9.93. The average molecular weight is 658 g/mol. The molecule has 6 rings (SSSR count). The zero-order valence-corrected chi connectivity index (χ0v) is 27.5. The molecule has 3 fully saturated rings. The van der Waals surface area contributed by atoms with Crippen LogP contribution >= 0.6 is 0 Å². The Hall–Kier alpha value is -4.58. The fourth-order valence-corrected chi connectivity index (χ4v) is 7.30. The Bertz CT molecular complexity index is 1580. The van der Waals surface area contributed by atoms with Gasteiger partial charge in [0.2, 0.25) is 11.8 Å². The molecule has 6 N–H and O–H groups in total. The van der Waals surface area contributed by atoms with Gasteiger partial charge in [-0.25, -0.2) is 4.79 Å². The van der Waals surface area contributed by atoms with Gasteiger partial charge in [-0.1, -0.05) is 50.3 Å². The van der Waals surface area contributed by atoms with Crippen molar-refractivity contribution in [2.75, 3.05) is 54.8 Å². The molecular weight excluding hydrogens is 610 g/mol. The van der Waals surface area contributed by atoms with Crippen molar-refractivity contribution in [1.82, 2.24) is 15.5 Å². The van der Waals surface area contributed by atoms with Crippen molar-refractivity contribution >= 4 is 51.8 Å². The predicted molar refractivity (Wildman–Crippen MR) is 186 cm³/mol. The maximum absolute atomic E-state index is 13.5. The molecule has 5 amide bonds. The lowest BCUT2D eigenvalue weighted by Gasteiger charge is -2.29. The van der Waals surface area contributed by atoms with E-state index in [9.17, 15) is 19.2 Å². The van der Waals surface area contributed by atoms with Crippen molar-refractivity contribution in [3.05, 3.63) is 54.3 Å². The standard InChI is InChI=1S/C36H47N7O5/c37-33(44)29(21-24-7-2-1-3-8-24)41-36(47)39-27-11-12-30(28(23-27)40-34(45)32-22-26-9-4-5-10-31(26)48-32)42-17-6-18-43(20-19-42)35(46)25-13-15-38-16-14-25/h4-5,9-12,22-25,29,38H,1-3,6-8,13-21H2,(H2,37,44)(H,40,45)(H2,39,41,47). The molecule has 1 unspecified atom stereocenters. The van der Waals surface area contributed by atoms with Crippen molar-refractivity contribution < 1.29 is 23.6 Å². The summed E-state index contributed by atoms with van der Waals surface area (Å²) >= 11 is 0. The number of amides is 5. The third kappa shape index (κ3) is 8.28. The van der Waals surface area contributed by atoms with E-state index in [1.54, 1.807) is 18.2 Å². The maximum Gasteiger partial charge on any atom is 0.319 e. The minimum Gasteiger partial charge on any atom is -0.451 e. The van der Waals surface area contributed by atoms with E-state index < -0.39 is 23.9 Å². The number of urea groups is 1. The van der Waals surface area contributed by atoms with Crippen molar-refractivity contribution in [3.63, 3.8) is 0 Å². The summed E-state index contributed by atoms with van der Waals surface area (Å²) in [4.78, 5) is 56.3. The van der Waals surface area contributed by atoms with Crippen LogP contribution in [0.2, 0.25) is 0 Å². The summed E-state index contributed by atoms with van der Waals surface area (Å²) in [6.07, 6.45) is 8.54. The van der Waals surface area contributed by atoms with Gasteiger partial charge < -0.3 is 41.2 Å². The van der Waals surface area contributed by atoms with Gasteiger partial charge in [0, 0.05) is 43.2 Å². The second kappa shape index (κ2) is 15.5. The van der Waals surface area contributed by atoms with Gasteiger partial charge in [-0.15, -0.1) is 0 Å². The van der Waals surface area contributed by atoms with Crippen molar-refractivity contribution in [3.8, 4) is 0 Å². The second-order valence-electron chi connectivity index (χ2n) is 13.3. The maximum atomic E-state index is 13.5. The summed E-state index contributed by atoms with van der Waals surface area (Å²) in [7, 11) is 0. The molecule has 3 aliphatic rings. The van der Waals surface area contributed by atoms with Crippen LogP contribution in [-0.2, 0) is 9.59 Å². The van der Waals surface area contributed by atoms with Crippen LogP contribution in [0.4, 0.5) is 21.9 Å². The van der Waals surface area contributed by atoms with Crippen molar-refractivity contribution in [2.24, 2.45) is 17.6 Å². The first kappa shape index (κ1) is 33.3. The lowest BCUT2D eigenvalue weighted by molar-refractivity contribution is -0.136. The first-order valence-corrected chi connectivity index (χ1v) is 17.4. The molecule has 48 heavy (non-hydrogen) atoms. The predicted octanol–water partition coefficient (Wildman–Crippen LogP) is 4.67. The van der Waals surface area contributed by atoms with Gasteiger partial charge in [0.25, 0.3) is 5.91 Å². The van der Waals surface area contributed by atoms with Gasteiger partial charge in [-0.2, -0.15) is 0 Å². The SMILES string of the molecule is NC(=O)C(CC1CCCCC1)NC(=O)Nc1ccc(N2CCCN(C(=O)C3CCNCC3)CC2)c(NC(=O)c2cc3ccccc3o2)c1. The Morgan fingerprint density at radius 1 is 0.875 bits per heavy atom. The number of para-hydroxylation sites is 1. The van der Waals surface area contributed by atoms with E-state index in [2.05, 4.69) is 26.2 Å². The number of primary amides is 1. The number of fused-ring (bicyclic) bond motifs is 1. The molecule has 2 aromatic carbocycles. The molecular formula is C36H47N7O5. The zero-order valence-electron chi connectivity index (χ0n) is 27.5. The van der Waals surface area contributed by atoms with E-state index in [0.29, 0.717) is 55.5 Å². The molecule has 0 bridgehead atoms. The summed E-state index contributed by atoms with van der Waals surface area (Å²) in [6, 6.07) is 13.2. The van der Waals surface area contributed by atoms with E-state index in [0.717, 1.165) is 69.1 Å². The highest BCUT2D eigenvalue weighted by atomic mass is 16.3. The fraction of sp³-hybridized carbons (Fsp3) is 0.500. The molecule has 1 aromatic heterocycles. The van der Waals surface area contributed by atoms with Gasteiger partial charge in [-0.05, 0) is 75.0 Å². The topological polar surface area (TPSA) is 162 Å². The van der Waals surface area contributed by atoms with Gasteiger partial charge in [0.05, 0.1) is 11.4 Å². The highest BCUT2D eigenvalue weighted by Gasteiger charge is 2.29. The minimum atomic E-state index is -0.771. The molecule has 1 aliphatic carbocycles. The van der Waals surface area contributed by atoms with Crippen LogP contribution in [0, 0.1) is 11.8 Å². The molecule has 12 nitrogen and oxygen atoms in total. The summed E-state index contributed by atoms with van der Waals surface area (Å²) < 4.78 is 5.83. The number of rotatable bonds is 9. The van der Waals surface area contributed by atoms with Crippen LogP contribution in [0.15, 0.2) is 52.9 Å². The van der Waals surface area contributed by atoms with E-state index in [-0.39, 0.29) is 17.6 Å². The van der Waals surface area contributed by atoms with Gasteiger partial charge in [0.1, 0.15) is 11.6 Å². The Morgan fingerprint density at radius 2 is 1.67 bits per heavy atom. The Labute approximate surface area is 281 Å². The summed E-state index contributed by atoms with van der Waals surface area (Å²) in [5.74, 6) is -0.174. The summed E-state index contributed by atoms with van der Waals surface area (Å²) in [6.45, 7) is 4.29. The normalized spacial score (nSPS) is 18.6. The first-order valence-electron chi connectivity index (χ1n) is 17.4. The molecule has 2 aliphatic heterocycles. The van der Waals surface area contributed by atoms with Gasteiger partial charge in [0.15, 0.2) is 5.76 Å². The number of carbonyl (C=O) groups is 4. The number of anilines is 3. The zero-order chi connectivity index (χ0) is 33.5. The Morgan fingerprint density at radius 3 is 2.44 bits per heavy atom. The molecule has 0 radical (unpaired) electrons. The van der Waals surface area contributed by atoms with Crippen molar-refractivity contribution in [1.29, 1.82) is 0 Å². The third-order valence-corrected chi connectivity index (χ3v) is 9.93. The lowest BCUT2D eigenvalue weighted by atomic mass is 9.84. The van der Waals surface area contributed by atoms with Crippen LogP contribution < -0.4 is 31.9 Å². The van der Waals surface area contributed by atoms with Crippen LogP contribution in [0.5, 0.6) is 0 Å². The van der Waals surface area contributed by atoms with Crippen LogP contribution in [-0.4, -0.2) is 74.0 Å². The van der Waals surface area contributed by atoms with Crippen LogP contribution in [0.1, 0.15) is 68.3 Å². The first-order chi connectivity index (χ1) is 23.3. The number of hydrogen-bond acceptors (Lipinski definition) is 7. The molecule has 1 saturated carbocycles. The number of hydrogen-bond donors (Lipinski definition) is 5. The fourth-order valence-electron chi connectivity index (χ4n) is 7.30. The number of nitrogens with one attached hydrogen (secondary N) is 4. The quantitative estimate of drug-likeness (QED) is 0.223. The number of nitrogens with zero attached hydrogens (tertiary/aromatic N) is 2. The number of carbonyl (C=O) groups excluding carboxylic acids is 4. The van der Waals surface area contributed by atoms with Crippen molar-refractivity contribution in [2.45, 2.75) is 63.8 Å². The Kier molecular flexibility index (Phi) is 10.8. The van der Waals surface area contributed by atoms with Gasteiger partial charge in [-0.3, -0.25) is 14.4 Å². The van der Waals surface area contributed by atoms with Gasteiger partial charge >= 0.3 is 6.03 Å². The minimum absolute atomic E-state index is 0.0600. The average Bonchev–Trinajstić information content (AvgIpc) is 3.39. The van der Waals surface area contributed by atoms with E-state index in [1.165, 1.54) is 6.42 Å². The van der Waals surface area contributed by atoms with E-state index >= 15 is 0 Å². The van der Waals surface area contributed by atoms with E-state index in [4.69, 9.17) is 10.2 Å². The second-order valence-corrected chi connectivity index (χ2v) is 13.3. The Balaban J connectivity index is 1.19. The molecule has 2 saturated heterocycles. The van der Waals surface area contributed by atoms with E-state index in [1.807, 2.05) is 35.2 Å². The lowest BCUT2D eigenvalue weighted by Crippen LogP contribution is -2.47. The molecule has 3 heterocycles. The highest BCUT2D eigenvalue weighted by molar-refractivity contribution is 6.07. The smallest absolute Gasteiger partial charge is 0.319 e. The molecule has 0 spiro atoms. The largest absolute Gasteiger partial charge is 0.451 e. The molecule has 3 aromatic rings. The van der Waals surface area contributed by atoms with Crippen LogP contribution in [0.3, 0.4) is 0 Å². The summed E-state index contributed by atoms with van der Waals surface area (Å²) in [5.41, 5.74) is 7.98.